The second kappa shape index (κ2) is 2.50. The summed E-state index contributed by atoms with van der Waals surface area (Å²) >= 11 is 0. The van der Waals surface area contributed by atoms with Gasteiger partial charge in [0.05, 0.1) is 6.04 Å². The van der Waals surface area contributed by atoms with Gasteiger partial charge in [-0.1, -0.05) is 13.8 Å². The van der Waals surface area contributed by atoms with Crippen molar-refractivity contribution >= 4 is 0 Å². The molecule has 0 aliphatic carbocycles. The molecule has 0 saturated carbocycles. The van der Waals surface area contributed by atoms with E-state index in [0.717, 1.165) is 0 Å². The number of rotatable bonds is 1. The van der Waals surface area contributed by atoms with Crippen LogP contribution in [0.15, 0.2) is 12.0 Å². The van der Waals surface area contributed by atoms with E-state index in [4.69, 9.17) is 10.6 Å². The van der Waals surface area contributed by atoms with Crippen molar-refractivity contribution in [2.24, 2.45) is 11.7 Å². The molecule has 0 fully saturated rings. The van der Waals surface area contributed by atoms with Crippen LogP contribution in [0.25, 0.3) is 0 Å². The lowest BCUT2D eigenvalue weighted by atomic mass is 10.1. The third-order valence-corrected chi connectivity index (χ3v) is 1.69. The maximum absolute atomic E-state index is 5.45. The molecule has 0 bridgehead atoms. The summed E-state index contributed by atoms with van der Waals surface area (Å²) in [5.74, 6) is 1.06. The van der Waals surface area contributed by atoms with Crippen LogP contribution in [0.5, 0.6) is 0 Å². The fraction of sp³-hybridized carbons (Fsp3) is 0.714. The van der Waals surface area contributed by atoms with Crippen molar-refractivity contribution in [3.8, 4) is 0 Å². The lowest BCUT2D eigenvalue weighted by Gasteiger charge is -2.19. The molecule has 58 valence electrons. The Morgan fingerprint density at radius 1 is 1.70 bits per heavy atom. The first-order valence-electron chi connectivity index (χ1n) is 3.49. The lowest BCUT2D eigenvalue weighted by Crippen LogP contribution is -2.29. The Morgan fingerprint density at radius 2 is 2.30 bits per heavy atom. The highest BCUT2D eigenvalue weighted by Crippen LogP contribution is 2.18. The van der Waals surface area contributed by atoms with Gasteiger partial charge in [0.25, 0.3) is 0 Å². The van der Waals surface area contributed by atoms with Crippen molar-refractivity contribution < 1.29 is 4.84 Å². The molecule has 10 heavy (non-hydrogen) atoms. The summed E-state index contributed by atoms with van der Waals surface area (Å²) in [6.07, 6.45) is 1.94. The minimum absolute atomic E-state index is 0.333. The largest absolute Gasteiger partial charge is 0.388 e. The first-order chi connectivity index (χ1) is 4.61. The third-order valence-electron chi connectivity index (χ3n) is 1.69. The summed E-state index contributed by atoms with van der Waals surface area (Å²) in [5, 5.41) is 1.78. The molecule has 3 heteroatoms. The molecule has 0 radical (unpaired) electrons. The van der Waals surface area contributed by atoms with Crippen LogP contribution in [0.3, 0.4) is 0 Å². The van der Waals surface area contributed by atoms with E-state index >= 15 is 0 Å². The first-order valence-corrected chi connectivity index (χ1v) is 3.49. The fourth-order valence-corrected chi connectivity index (χ4v) is 1.14. The van der Waals surface area contributed by atoms with Gasteiger partial charge < -0.3 is 10.6 Å². The molecular formula is C7H14N2O. The van der Waals surface area contributed by atoms with Crippen LogP contribution in [0.4, 0.5) is 0 Å². The van der Waals surface area contributed by atoms with Crippen LogP contribution >= 0.6 is 0 Å². The van der Waals surface area contributed by atoms with E-state index in [1.165, 1.54) is 0 Å². The molecule has 1 aliphatic rings. The average molecular weight is 142 g/mol. The molecule has 1 heterocycles. The zero-order valence-electron chi connectivity index (χ0n) is 6.66. The normalized spacial score (nSPS) is 26.8. The van der Waals surface area contributed by atoms with E-state index in [0.29, 0.717) is 17.8 Å². The standard InChI is InChI=1S/C7H14N2O/c1-5(2)6-4-7(8)10-9(6)3/h4-6H,8H2,1-3H3. The summed E-state index contributed by atoms with van der Waals surface area (Å²) in [6.45, 7) is 4.28. The second-order valence-electron chi connectivity index (χ2n) is 2.94. The van der Waals surface area contributed by atoms with Gasteiger partial charge in [0, 0.05) is 7.05 Å². The SMILES string of the molecule is CC(C)C1C=C(N)ON1C. The van der Waals surface area contributed by atoms with E-state index in [9.17, 15) is 0 Å². The number of nitrogens with two attached hydrogens (primary N) is 1. The average Bonchev–Trinajstić information content (AvgIpc) is 2.10. The van der Waals surface area contributed by atoms with Gasteiger partial charge in [-0.3, -0.25) is 0 Å². The Bertz CT molecular complexity index is 154. The molecule has 1 unspecified atom stereocenters. The van der Waals surface area contributed by atoms with E-state index in [-0.39, 0.29) is 0 Å². The molecule has 0 saturated heterocycles. The molecule has 0 aromatic heterocycles. The highest BCUT2D eigenvalue weighted by molar-refractivity contribution is 5.01. The van der Waals surface area contributed by atoms with Crippen LogP contribution in [-0.4, -0.2) is 18.2 Å². The van der Waals surface area contributed by atoms with Crippen molar-refractivity contribution in [3.63, 3.8) is 0 Å². The predicted octanol–water partition coefficient (Wildman–Crippen LogP) is 0.688. The number of hydroxylamine groups is 2. The van der Waals surface area contributed by atoms with Crippen LogP contribution in [0.1, 0.15) is 13.8 Å². The topological polar surface area (TPSA) is 38.5 Å². The summed E-state index contributed by atoms with van der Waals surface area (Å²) in [6, 6.07) is 0.333. The van der Waals surface area contributed by atoms with Gasteiger partial charge in [-0.15, -0.1) is 5.06 Å². The molecule has 0 spiro atoms. The number of hydrogen-bond donors (Lipinski definition) is 1. The molecule has 0 amide bonds. The van der Waals surface area contributed by atoms with Crippen molar-refractivity contribution in [2.75, 3.05) is 7.05 Å². The van der Waals surface area contributed by atoms with Gasteiger partial charge in [0.15, 0.2) is 0 Å². The fourth-order valence-electron chi connectivity index (χ4n) is 1.14. The molecule has 0 aromatic rings. The van der Waals surface area contributed by atoms with E-state index in [1.54, 1.807) is 5.06 Å². The Balaban J connectivity index is 2.60. The van der Waals surface area contributed by atoms with Crippen molar-refractivity contribution in [1.29, 1.82) is 0 Å². The monoisotopic (exact) mass is 142 g/mol. The van der Waals surface area contributed by atoms with E-state index < -0.39 is 0 Å². The molecular weight excluding hydrogens is 128 g/mol. The first kappa shape index (κ1) is 7.41. The summed E-state index contributed by atoms with van der Waals surface area (Å²) in [4.78, 5) is 5.11. The zero-order chi connectivity index (χ0) is 7.72. The van der Waals surface area contributed by atoms with Crippen LogP contribution in [0, 0.1) is 5.92 Å². The molecule has 1 rings (SSSR count). The summed E-state index contributed by atoms with van der Waals surface area (Å²) in [7, 11) is 1.89. The minimum Gasteiger partial charge on any atom is -0.388 e. The Morgan fingerprint density at radius 3 is 2.50 bits per heavy atom. The lowest BCUT2D eigenvalue weighted by molar-refractivity contribution is -0.103. The van der Waals surface area contributed by atoms with Gasteiger partial charge in [-0.2, -0.15) is 0 Å². The molecule has 3 nitrogen and oxygen atoms in total. The van der Waals surface area contributed by atoms with Crippen LogP contribution in [-0.2, 0) is 4.84 Å². The Kier molecular flexibility index (Phi) is 1.85. The smallest absolute Gasteiger partial charge is 0.207 e. The van der Waals surface area contributed by atoms with E-state index in [2.05, 4.69) is 13.8 Å². The quantitative estimate of drug-likeness (QED) is 0.585. The van der Waals surface area contributed by atoms with Gasteiger partial charge in [-0.25, -0.2) is 0 Å². The maximum Gasteiger partial charge on any atom is 0.207 e. The van der Waals surface area contributed by atoms with Crippen molar-refractivity contribution in [3.05, 3.63) is 12.0 Å². The van der Waals surface area contributed by atoms with Gasteiger partial charge in [-0.05, 0) is 12.0 Å². The van der Waals surface area contributed by atoms with E-state index in [1.807, 2.05) is 13.1 Å². The van der Waals surface area contributed by atoms with Gasteiger partial charge >= 0.3 is 0 Å². The van der Waals surface area contributed by atoms with Gasteiger partial charge in [0.1, 0.15) is 0 Å². The maximum atomic E-state index is 5.45. The highest BCUT2D eigenvalue weighted by atomic mass is 16.7. The summed E-state index contributed by atoms with van der Waals surface area (Å²) in [5.41, 5.74) is 5.45. The molecule has 1 aliphatic heterocycles. The van der Waals surface area contributed by atoms with Gasteiger partial charge in [0.2, 0.25) is 5.88 Å². The predicted molar refractivity (Wildman–Crippen MR) is 39.7 cm³/mol. The molecule has 2 N–H and O–H groups in total. The minimum atomic E-state index is 0.333. The Labute approximate surface area is 61.4 Å². The second-order valence-corrected chi connectivity index (χ2v) is 2.94. The summed E-state index contributed by atoms with van der Waals surface area (Å²) < 4.78 is 0. The van der Waals surface area contributed by atoms with Crippen LogP contribution in [0.2, 0.25) is 0 Å². The zero-order valence-corrected chi connectivity index (χ0v) is 6.66. The molecule has 1 atom stereocenters. The highest BCUT2D eigenvalue weighted by Gasteiger charge is 2.24. The van der Waals surface area contributed by atoms with Crippen molar-refractivity contribution in [1.82, 2.24) is 5.06 Å². The van der Waals surface area contributed by atoms with Crippen molar-refractivity contribution in [2.45, 2.75) is 19.9 Å². The number of likely N-dealkylation sites (N-methyl/N-ethyl adjacent to an activating group) is 1. The van der Waals surface area contributed by atoms with Crippen LogP contribution < -0.4 is 5.73 Å². The Hall–Kier alpha value is -0.700. The number of nitrogens with zero attached hydrogens (tertiary/aromatic N) is 1. The third kappa shape index (κ3) is 1.24. The number of hydrogen-bond acceptors (Lipinski definition) is 3. The molecule has 0 aromatic carbocycles.